The molecule has 2 aromatic rings. The minimum atomic E-state index is 0.866. The van der Waals surface area contributed by atoms with Crippen molar-refractivity contribution in [2.45, 2.75) is 6.42 Å². The Labute approximate surface area is 89.3 Å². The first-order valence-corrected chi connectivity index (χ1v) is 4.87. The molecule has 3 heteroatoms. The highest BCUT2D eigenvalue weighted by Crippen LogP contribution is 2.13. The van der Waals surface area contributed by atoms with E-state index in [2.05, 4.69) is 17.1 Å². The van der Waals surface area contributed by atoms with Crippen LogP contribution in [0.3, 0.4) is 0 Å². The van der Waals surface area contributed by atoms with Crippen LogP contribution < -0.4 is 4.74 Å². The summed E-state index contributed by atoms with van der Waals surface area (Å²) in [7, 11) is 3.65. The number of nitrogens with zero attached hydrogens (tertiary/aromatic N) is 2. The smallest absolute Gasteiger partial charge is 0.118 e. The second-order valence-electron chi connectivity index (χ2n) is 3.56. The second kappa shape index (κ2) is 4.17. The van der Waals surface area contributed by atoms with E-state index in [-0.39, 0.29) is 0 Å². The maximum atomic E-state index is 5.10. The quantitative estimate of drug-likeness (QED) is 0.761. The molecule has 15 heavy (non-hydrogen) atoms. The summed E-state index contributed by atoms with van der Waals surface area (Å²) in [5.74, 6) is 0.889. The van der Waals surface area contributed by atoms with Gasteiger partial charge in [-0.2, -0.15) is 0 Å². The zero-order chi connectivity index (χ0) is 10.7. The van der Waals surface area contributed by atoms with E-state index in [1.54, 1.807) is 7.11 Å². The first-order valence-electron chi connectivity index (χ1n) is 4.87. The van der Waals surface area contributed by atoms with E-state index >= 15 is 0 Å². The molecular weight excluding hydrogens is 188 g/mol. The fourth-order valence-corrected chi connectivity index (χ4v) is 1.51. The van der Waals surface area contributed by atoms with Crippen molar-refractivity contribution in [1.29, 1.82) is 0 Å². The highest BCUT2D eigenvalue weighted by molar-refractivity contribution is 5.29. The Bertz CT molecular complexity index is 431. The molecule has 78 valence electrons. The first kappa shape index (κ1) is 9.77. The second-order valence-corrected chi connectivity index (χ2v) is 3.56. The number of methoxy groups -OCH3 is 1. The molecule has 0 saturated heterocycles. The highest BCUT2D eigenvalue weighted by atomic mass is 16.5. The maximum absolute atomic E-state index is 5.10. The normalized spacial score (nSPS) is 10.3. The molecule has 0 aliphatic rings. The molecule has 0 bridgehead atoms. The average Bonchev–Trinajstić information content (AvgIpc) is 2.65. The van der Waals surface area contributed by atoms with E-state index in [0.29, 0.717) is 0 Å². The Hall–Kier alpha value is -1.77. The Morgan fingerprint density at radius 1 is 1.27 bits per heavy atom. The van der Waals surface area contributed by atoms with E-state index in [1.807, 2.05) is 36.3 Å². The van der Waals surface area contributed by atoms with Crippen LogP contribution in [-0.4, -0.2) is 16.7 Å². The van der Waals surface area contributed by atoms with E-state index in [4.69, 9.17) is 4.74 Å². The van der Waals surface area contributed by atoms with Crippen LogP contribution in [0, 0.1) is 0 Å². The van der Waals surface area contributed by atoms with E-state index in [0.717, 1.165) is 17.9 Å². The van der Waals surface area contributed by atoms with E-state index < -0.39 is 0 Å². The van der Waals surface area contributed by atoms with Gasteiger partial charge in [0.2, 0.25) is 0 Å². The number of aromatic nitrogens is 2. The minimum Gasteiger partial charge on any atom is -0.497 e. The van der Waals surface area contributed by atoms with Crippen molar-refractivity contribution >= 4 is 0 Å². The number of ether oxygens (including phenoxy) is 1. The summed E-state index contributed by atoms with van der Waals surface area (Å²) in [5, 5.41) is 0. The molecule has 0 radical (unpaired) electrons. The molecule has 0 unspecified atom stereocenters. The Morgan fingerprint density at radius 2 is 2.00 bits per heavy atom. The van der Waals surface area contributed by atoms with Gasteiger partial charge in [0.05, 0.1) is 19.1 Å². The summed E-state index contributed by atoms with van der Waals surface area (Å²) < 4.78 is 7.06. The summed E-state index contributed by atoms with van der Waals surface area (Å²) in [5.41, 5.74) is 2.33. The van der Waals surface area contributed by atoms with Crippen molar-refractivity contribution in [2.24, 2.45) is 7.05 Å². The van der Waals surface area contributed by atoms with Gasteiger partial charge in [0.1, 0.15) is 5.75 Å². The number of hydrogen-bond acceptors (Lipinski definition) is 2. The molecule has 1 aromatic heterocycles. The van der Waals surface area contributed by atoms with Crippen molar-refractivity contribution in [3.05, 3.63) is 48.0 Å². The van der Waals surface area contributed by atoms with Crippen LogP contribution in [0.5, 0.6) is 5.75 Å². The molecule has 0 atom stereocenters. The Balaban J connectivity index is 2.11. The van der Waals surface area contributed by atoms with Crippen LogP contribution in [-0.2, 0) is 13.5 Å². The molecule has 0 N–H and O–H groups in total. The third-order valence-electron chi connectivity index (χ3n) is 2.30. The lowest BCUT2D eigenvalue weighted by molar-refractivity contribution is 0.414. The standard InChI is InChI=1S/C12H14N2O/c1-14-8-11(13-9-14)7-10-3-5-12(15-2)6-4-10/h3-6,8-9H,7H2,1-2H3. The lowest BCUT2D eigenvalue weighted by Gasteiger charge is -2.01. The predicted octanol–water partition coefficient (Wildman–Crippen LogP) is 2.02. The van der Waals surface area contributed by atoms with E-state index in [1.165, 1.54) is 5.56 Å². The molecule has 0 fully saturated rings. The van der Waals surface area contributed by atoms with Crippen LogP contribution in [0.25, 0.3) is 0 Å². The maximum Gasteiger partial charge on any atom is 0.118 e. The molecule has 1 aromatic carbocycles. The lowest BCUT2D eigenvalue weighted by atomic mass is 10.1. The summed E-state index contributed by atoms with van der Waals surface area (Å²) >= 11 is 0. The topological polar surface area (TPSA) is 27.1 Å². The SMILES string of the molecule is COc1ccc(Cc2cn(C)cn2)cc1. The summed E-state index contributed by atoms with van der Waals surface area (Å²) in [4.78, 5) is 4.29. The van der Waals surface area contributed by atoms with Crippen LogP contribution in [0.4, 0.5) is 0 Å². The summed E-state index contributed by atoms with van der Waals surface area (Å²) in [6.45, 7) is 0. The molecule has 0 aliphatic heterocycles. The van der Waals surface area contributed by atoms with Gasteiger partial charge in [0.25, 0.3) is 0 Å². The van der Waals surface area contributed by atoms with Crippen LogP contribution >= 0.6 is 0 Å². The van der Waals surface area contributed by atoms with Gasteiger partial charge >= 0.3 is 0 Å². The van der Waals surface area contributed by atoms with Gasteiger partial charge in [-0.25, -0.2) is 4.98 Å². The van der Waals surface area contributed by atoms with E-state index in [9.17, 15) is 0 Å². The third kappa shape index (κ3) is 2.37. The van der Waals surface area contributed by atoms with Gasteiger partial charge in [-0.15, -0.1) is 0 Å². The molecule has 0 aliphatic carbocycles. The van der Waals surface area contributed by atoms with Crippen molar-refractivity contribution in [2.75, 3.05) is 7.11 Å². The summed E-state index contributed by atoms with van der Waals surface area (Å²) in [6, 6.07) is 8.07. The van der Waals surface area contributed by atoms with Crippen molar-refractivity contribution in [3.8, 4) is 5.75 Å². The molecule has 3 nitrogen and oxygen atoms in total. The molecule has 2 rings (SSSR count). The highest BCUT2D eigenvalue weighted by Gasteiger charge is 1.99. The van der Waals surface area contributed by atoms with Crippen molar-refractivity contribution in [3.63, 3.8) is 0 Å². The number of hydrogen-bond donors (Lipinski definition) is 0. The Morgan fingerprint density at radius 3 is 2.53 bits per heavy atom. The lowest BCUT2D eigenvalue weighted by Crippen LogP contribution is -1.89. The van der Waals surface area contributed by atoms with Crippen LogP contribution in [0.15, 0.2) is 36.8 Å². The van der Waals surface area contributed by atoms with Gasteiger partial charge in [-0.1, -0.05) is 12.1 Å². The molecule has 0 spiro atoms. The molecule has 0 amide bonds. The first-order chi connectivity index (χ1) is 7.28. The average molecular weight is 202 g/mol. The van der Waals surface area contributed by atoms with Gasteiger partial charge in [0.15, 0.2) is 0 Å². The van der Waals surface area contributed by atoms with Crippen molar-refractivity contribution in [1.82, 2.24) is 9.55 Å². The molecule has 1 heterocycles. The van der Waals surface area contributed by atoms with Crippen LogP contribution in [0.1, 0.15) is 11.3 Å². The number of rotatable bonds is 3. The monoisotopic (exact) mass is 202 g/mol. The van der Waals surface area contributed by atoms with Gasteiger partial charge in [-0.05, 0) is 17.7 Å². The minimum absolute atomic E-state index is 0.866. The number of benzene rings is 1. The Kier molecular flexibility index (Phi) is 2.72. The molecule has 0 saturated carbocycles. The van der Waals surface area contributed by atoms with Gasteiger partial charge < -0.3 is 9.30 Å². The van der Waals surface area contributed by atoms with Crippen molar-refractivity contribution < 1.29 is 4.74 Å². The zero-order valence-corrected chi connectivity index (χ0v) is 8.97. The fourth-order valence-electron chi connectivity index (χ4n) is 1.51. The number of imidazole rings is 1. The fraction of sp³-hybridized carbons (Fsp3) is 0.250. The predicted molar refractivity (Wildman–Crippen MR) is 59.0 cm³/mol. The van der Waals surface area contributed by atoms with Crippen LogP contribution in [0.2, 0.25) is 0 Å². The van der Waals surface area contributed by atoms with Gasteiger partial charge in [0, 0.05) is 19.7 Å². The zero-order valence-electron chi connectivity index (χ0n) is 8.97. The largest absolute Gasteiger partial charge is 0.497 e. The third-order valence-corrected chi connectivity index (χ3v) is 2.30. The number of aryl methyl sites for hydroxylation is 1. The molecular formula is C12H14N2O. The summed E-state index contributed by atoms with van der Waals surface area (Å²) in [6.07, 6.45) is 4.72. The van der Waals surface area contributed by atoms with Gasteiger partial charge in [-0.3, -0.25) is 0 Å².